The van der Waals surface area contributed by atoms with Gasteiger partial charge in [-0.3, -0.25) is 4.79 Å². The molecule has 1 fully saturated rings. The fraction of sp³-hybridized carbons (Fsp3) is 0.583. The van der Waals surface area contributed by atoms with Crippen molar-refractivity contribution < 1.29 is 4.79 Å². The summed E-state index contributed by atoms with van der Waals surface area (Å²) < 4.78 is 0. The van der Waals surface area contributed by atoms with Crippen molar-refractivity contribution in [2.75, 3.05) is 6.54 Å². The van der Waals surface area contributed by atoms with Gasteiger partial charge in [-0.15, -0.1) is 0 Å². The molecule has 3 atom stereocenters. The largest absolute Gasteiger partial charge is 0.349 e. The van der Waals surface area contributed by atoms with E-state index in [1.807, 2.05) is 12.3 Å². The summed E-state index contributed by atoms with van der Waals surface area (Å²) in [6, 6.07) is 2.48. The Kier molecular flexibility index (Phi) is 3.61. The molecule has 16 heavy (non-hydrogen) atoms. The van der Waals surface area contributed by atoms with Crippen LogP contribution >= 0.6 is 11.3 Å². The average Bonchev–Trinajstić information content (AvgIpc) is 2.86. The SMILES string of the molecule is CC(NC(=O)C1CCNC1C)c1ccsc1. The third-order valence-electron chi connectivity index (χ3n) is 3.26. The molecule has 4 heteroatoms. The number of rotatable bonds is 3. The third-order valence-corrected chi connectivity index (χ3v) is 3.97. The van der Waals surface area contributed by atoms with Crippen molar-refractivity contribution in [3.63, 3.8) is 0 Å². The lowest BCUT2D eigenvalue weighted by molar-refractivity contribution is -0.125. The molecule has 1 aliphatic heterocycles. The molecule has 3 unspecified atom stereocenters. The molecule has 0 saturated carbocycles. The number of carbonyl (C=O) groups is 1. The van der Waals surface area contributed by atoms with Crippen LogP contribution in [0.4, 0.5) is 0 Å². The molecule has 1 saturated heterocycles. The van der Waals surface area contributed by atoms with Crippen LogP contribution in [0, 0.1) is 5.92 Å². The monoisotopic (exact) mass is 238 g/mol. The fourth-order valence-electron chi connectivity index (χ4n) is 2.14. The summed E-state index contributed by atoms with van der Waals surface area (Å²) in [5, 5.41) is 10.5. The first-order valence-corrected chi connectivity index (χ1v) is 6.68. The molecular formula is C12H18N2OS. The minimum absolute atomic E-state index is 0.117. The number of nitrogens with one attached hydrogen (secondary N) is 2. The molecule has 1 aliphatic rings. The van der Waals surface area contributed by atoms with E-state index in [1.54, 1.807) is 11.3 Å². The van der Waals surface area contributed by atoms with Gasteiger partial charge >= 0.3 is 0 Å². The predicted octanol–water partition coefficient (Wildman–Crippen LogP) is 1.92. The molecule has 1 aromatic rings. The maximum absolute atomic E-state index is 12.0. The van der Waals surface area contributed by atoms with Crippen molar-refractivity contribution in [1.29, 1.82) is 0 Å². The van der Waals surface area contributed by atoms with Gasteiger partial charge < -0.3 is 10.6 Å². The normalized spacial score (nSPS) is 26.6. The van der Waals surface area contributed by atoms with Crippen LogP contribution in [0.1, 0.15) is 31.9 Å². The summed E-state index contributed by atoms with van der Waals surface area (Å²) in [5.74, 6) is 0.303. The van der Waals surface area contributed by atoms with Gasteiger partial charge in [-0.1, -0.05) is 0 Å². The summed E-state index contributed by atoms with van der Waals surface area (Å²) in [4.78, 5) is 12.0. The average molecular weight is 238 g/mol. The van der Waals surface area contributed by atoms with Crippen LogP contribution in [0.5, 0.6) is 0 Å². The van der Waals surface area contributed by atoms with Crippen LogP contribution in [0.25, 0.3) is 0 Å². The second kappa shape index (κ2) is 4.97. The van der Waals surface area contributed by atoms with Gasteiger partial charge in [0.1, 0.15) is 0 Å². The molecule has 0 aliphatic carbocycles. The molecule has 2 rings (SSSR count). The topological polar surface area (TPSA) is 41.1 Å². The highest BCUT2D eigenvalue weighted by Crippen LogP contribution is 2.19. The highest BCUT2D eigenvalue weighted by atomic mass is 32.1. The number of hydrogen-bond acceptors (Lipinski definition) is 3. The summed E-state index contributed by atoms with van der Waals surface area (Å²) in [5.41, 5.74) is 1.19. The zero-order chi connectivity index (χ0) is 11.5. The molecule has 1 aromatic heterocycles. The number of thiophene rings is 1. The van der Waals surface area contributed by atoms with E-state index < -0.39 is 0 Å². The van der Waals surface area contributed by atoms with Crippen molar-refractivity contribution >= 4 is 17.2 Å². The summed E-state index contributed by atoms with van der Waals surface area (Å²) in [6.45, 7) is 5.06. The molecule has 2 N–H and O–H groups in total. The lowest BCUT2D eigenvalue weighted by Crippen LogP contribution is -2.37. The maximum Gasteiger partial charge on any atom is 0.225 e. The predicted molar refractivity (Wildman–Crippen MR) is 66.4 cm³/mol. The van der Waals surface area contributed by atoms with E-state index in [9.17, 15) is 4.79 Å². The van der Waals surface area contributed by atoms with Crippen LogP contribution in [-0.4, -0.2) is 18.5 Å². The summed E-state index contributed by atoms with van der Waals surface area (Å²) >= 11 is 1.66. The van der Waals surface area contributed by atoms with Crippen LogP contribution in [-0.2, 0) is 4.79 Å². The van der Waals surface area contributed by atoms with Gasteiger partial charge in [-0.05, 0) is 49.2 Å². The molecule has 88 valence electrons. The van der Waals surface area contributed by atoms with E-state index in [-0.39, 0.29) is 17.9 Å². The molecule has 0 aromatic carbocycles. The first-order valence-electron chi connectivity index (χ1n) is 5.74. The molecule has 2 heterocycles. The van der Waals surface area contributed by atoms with E-state index in [1.165, 1.54) is 5.56 Å². The Morgan fingerprint density at radius 3 is 3.06 bits per heavy atom. The van der Waals surface area contributed by atoms with E-state index >= 15 is 0 Å². The van der Waals surface area contributed by atoms with E-state index in [0.29, 0.717) is 6.04 Å². The quantitative estimate of drug-likeness (QED) is 0.844. The van der Waals surface area contributed by atoms with E-state index in [4.69, 9.17) is 0 Å². The Balaban J connectivity index is 1.92. The fourth-order valence-corrected chi connectivity index (χ4v) is 2.90. The highest BCUT2D eigenvalue weighted by Gasteiger charge is 2.29. The Morgan fingerprint density at radius 2 is 2.50 bits per heavy atom. The zero-order valence-corrected chi connectivity index (χ0v) is 10.5. The van der Waals surface area contributed by atoms with E-state index in [2.05, 4.69) is 29.0 Å². The number of carbonyl (C=O) groups excluding carboxylic acids is 1. The van der Waals surface area contributed by atoms with Gasteiger partial charge in [0.25, 0.3) is 0 Å². The zero-order valence-electron chi connectivity index (χ0n) is 9.69. The van der Waals surface area contributed by atoms with Gasteiger partial charge in [0.15, 0.2) is 0 Å². The molecule has 0 spiro atoms. The highest BCUT2D eigenvalue weighted by molar-refractivity contribution is 7.07. The van der Waals surface area contributed by atoms with Crippen LogP contribution in [0.15, 0.2) is 16.8 Å². The number of amides is 1. The first-order chi connectivity index (χ1) is 7.68. The molecule has 3 nitrogen and oxygen atoms in total. The van der Waals surface area contributed by atoms with Crippen LogP contribution in [0.3, 0.4) is 0 Å². The minimum Gasteiger partial charge on any atom is -0.349 e. The molecule has 0 radical (unpaired) electrons. The van der Waals surface area contributed by atoms with Gasteiger partial charge in [-0.25, -0.2) is 0 Å². The summed E-state index contributed by atoms with van der Waals surface area (Å²) in [7, 11) is 0. The van der Waals surface area contributed by atoms with Crippen LogP contribution < -0.4 is 10.6 Å². The van der Waals surface area contributed by atoms with Crippen molar-refractivity contribution in [3.05, 3.63) is 22.4 Å². The van der Waals surface area contributed by atoms with Crippen molar-refractivity contribution in [2.45, 2.75) is 32.4 Å². The van der Waals surface area contributed by atoms with E-state index in [0.717, 1.165) is 13.0 Å². The summed E-state index contributed by atoms with van der Waals surface area (Å²) in [6.07, 6.45) is 0.948. The van der Waals surface area contributed by atoms with Crippen molar-refractivity contribution in [1.82, 2.24) is 10.6 Å². The van der Waals surface area contributed by atoms with Gasteiger partial charge in [0.2, 0.25) is 5.91 Å². The smallest absolute Gasteiger partial charge is 0.225 e. The van der Waals surface area contributed by atoms with Gasteiger partial charge in [-0.2, -0.15) is 11.3 Å². The number of hydrogen-bond donors (Lipinski definition) is 2. The van der Waals surface area contributed by atoms with Crippen molar-refractivity contribution in [2.24, 2.45) is 5.92 Å². The minimum atomic E-state index is 0.117. The maximum atomic E-state index is 12.0. The molecule has 0 bridgehead atoms. The second-order valence-electron chi connectivity index (χ2n) is 4.42. The lowest BCUT2D eigenvalue weighted by atomic mass is 10.0. The standard InChI is InChI=1S/C12H18N2OS/c1-8(10-4-6-16-7-10)14-12(15)11-3-5-13-9(11)2/h4,6-9,11,13H,3,5H2,1-2H3,(H,14,15). The second-order valence-corrected chi connectivity index (χ2v) is 5.20. The Morgan fingerprint density at radius 1 is 1.69 bits per heavy atom. The third kappa shape index (κ3) is 2.44. The molecular weight excluding hydrogens is 220 g/mol. The Bertz CT molecular complexity index is 350. The first kappa shape index (κ1) is 11.6. The van der Waals surface area contributed by atoms with Gasteiger partial charge in [0, 0.05) is 6.04 Å². The van der Waals surface area contributed by atoms with Gasteiger partial charge in [0.05, 0.1) is 12.0 Å². The molecule has 1 amide bonds. The Hall–Kier alpha value is -0.870. The van der Waals surface area contributed by atoms with Crippen molar-refractivity contribution in [3.8, 4) is 0 Å². The van der Waals surface area contributed by atoms with Crippen LogP contribution in [0.2, 0.25) is 0 Å². The lowest BCUT2D eigenvalue weighted by Gasteiger charge is -2.18. The Labute approximate surface area is 100 Å².